The molecule has 1 heterocycles. The number of hydrogen-bond acceptors (Lipinski definition) is 3. The quantitative estimate of drug-likeness (QED) is 0.738. The summed E-state index contributed by atoms with van der Waals surface area (Å²) in [7, 11) is 3.87. The zero-order valence-corrected chi connectivity index (χ0v) is 8.88. The minimum atomic E-state index is 0.837. The molecular formula is C11H13N4. The molecule has 1 radical (unpaired) electrons. The maximum absolute atomic E-state index is 4.32. The van der Waals surface area contributed by atoms with Gasteiger partial charge in [0, 0.05) is 14.1 Å². The maximum Gasteiger partial charge on any atom is 0.171 e. The van der Waals surface area contributed by atoms with Crippen LogP contribution in [0.5, 0.6) is 0 Å². The lowest BCUT2D eigenvalue weighted by Crippen LogP contribution is -2.09. The van der Waals surface area contributed by atoms with E-state index in [0.29, 0.717) is 0 Å². The normalized spacial score (nSPS) is 10.3. The molecule has 0 saturated heterocycles. The average Bonchev–Trinajstić information content (AvgIpc) is 2.66. The fourth-order valence-corrected chi connectivity index (χ4v) is 1.27. The van der Waals surface area contributed by atoms with Gasteiger partial charge in [0.05, 0.1) is 11.9 Å². The van der Waals surface area contributed by atoms with Crippen LogP contribution >= 0.6 is 0 Å². The first kappa shape index (κ1) is 9.71. The molecule has 1 aromatic heterocycles. The molecule has 15 heavy (non-hydrogen) atoms. The third kappa shape index (κ3) is 1.98. The van der Waals surface area contributed by atoms with E-state index in [2.05, 4.69) is 17.1 Å². The highest BCUT2D eigenvalue weighted by molar-refractivity contribution is 5.38. The fraction of sp³-hybridized carbons (Fsp3) is 0.182. The van der Waals surface area contributed by atoms with E-state index in [1.165, 1.54) is 0 Å². The van der Waals surface area contributed by atoms with Crippen molar-refractivity contribution in [1.82, 2.24) is 15.0 Å². The molecule has 0 unspecified atom stereocenters. The van der Waals surface area contributed by atoms with Crippen LogP contribution in [0.2, 0.25) is 0 Å². The summed E-state index contributed by atoms with van der Waals surface area (Å²) in [4.78, 5) is 3.52. The fourth-order valence-electron chi connectivity index (χ4n) is 1.27. The lowest BCUT2D eigenvalue weighted by atomic mass is 10.2. The monoisotopic (exact) mass is 201 g/mol. The Kier molecular flexibility index (Phi) is 2.41. The third-order valence-electron chi connectivity index (χ3n) is 2.08. The van der Waals surface area contributed by atoms with Gasteiger partial charge < -0.3 is 4.90 Å². The maximum atomic E-state index is 4.32. The Morgan fingerprint density at radius 3 is 2.73 bits per heavy atom. The Morgan fingerprint density at radius 1 is 1.33 bits per heavy atom. The van der Waals surface area contributed by atoms with Gasteiger partial charge in [-0.1, -0.05) is 12.1 Å². The largest absolute Gasteiger partial charge is 0.360 e. The third-order valence-corrected chi connectivity index (χ3v) is 2.08. The molecule has 1 aromatic carbocycles. The first-order chi connectivity index (χ1) is 7.16. The molecule has 2 aromatic rings. The summed E-state index contributed by atoms with van der Waals surface area (Å²) in [5.41, 5.74) is 1.88. The molecule has 0 bridgehead atoms. The highest BCUT2D eigenvalue weighted by atomic mass is 15.5. The van der Waals surface area contributed by atoms with Gasteiger partial charge >= 0.3 is 0 Å². The topological polar surface area (TPSA) is 34.0 Å². The van der Waals surface area contributed by atoms with E-state index in [1.54, 1.807) is 11.0 Å². The van der Waals surface area contributed by atoms with E-state index in [-0.39, 0.29) is 0 Å². The number of hydrogen-bond donors (Lipinski definition) is 0. The van der Waals surface area contributed by atoms with E-state index in [1.807, 2.05) is 43.3 Å². The van der Waals surface area contributed by atoms with Gasteiger partial charge in [-0.15, -0.1) is 9.90 Å². The van der Waals surface area contributed by atoms with E-state index in [4.69, 9.17) is 0 Å². The molecule has 2 rings (SSSR count). The number of aromatic nitrogens is 3. The molecule has 77 valence electrons. The lowest BCUT2D eigenvalue weighted by molar-refractivity contribution is 0.749. The van der Waals surface area contributed by atoms with Crippen LogP contribution in [0.3, 0.4) is 0 Å². The molecule has 0 saturated carbocycles. The number of anilines is 1. The first-order valence-electron chi connectivity index (χ1n) is 4.69. The molecule has 0 aliphatic carbocycles. The van der Waals surface area contributed by atoms with Crippen LogP contribution in [0.25, 0.3) is 5.69 Å². The van der Waals surface area contributed by atoms with Crippen LogP contribution in [0.4, 0.5) is 5.82 Å². The van der Waals surface area contributed by atoms with Gasteiger partial charge in [-0.2, -0.15) is 5.10 Å². The van der Waals surface area contributed by atoms with Crippen molar-refractivity contribution in [1.29, 1.82) is 0 Å². The second kappa shape index (κ2) is 3.73. The summed E-state index contributed by atoms with van der Waals surface area (Å²) >= 11 is 0. The molecule has 0 atom stereocenters. The molecular weight excluding hydrogens is 188 g/mol. The molecule has 0 aliphatic heterocycles. The predicted octanol–water partition coefficient (Wildman–Crippen LogP) is 1.52. The van der Waals surface area contributed by atoms with Crippen LogP contribution in [0.15, 0.2) is 30.5 Å². The summed E-state index contributed by atoms with van der Waals surface area (Å²) in [6.45, 7) is 3.87. The van der Waals surface area contributed by atoms with Crippen molar-refractivity contribution in [2.45, 2.75) is 0 Å². The van der Waals surface area contributed by atoms with Crippen molar-refractivity contribution >= 4 is 5.82 Å². The molecule has 0 N–H and O–H groups in total. The standard InChI is InChI=1S/C11H13N4/c1-9-5-4-6-10(7-9)15-12-8-11(13-15)14(2)3/h4-8H,1H2,2-3H3. The minimum Gasteiger partial charge on any atom is -0.360 e. The second-order valence-corrected chi connectivity index (χ2v) is 3.56. The summed E-state index contributed by atoms with van der Waals surface area (Å²) in [5.74, 6) is 0.837. The zero-order valence-electron chi connectivity index (χ0n) is 8.88. The Morgan fingerprint density at radius 2 is 2.13 bits per heavy atom. The van der Waals surface area contributed by atoms with Gasteiger partial charge in [0.15, 0.2) is 5.82 Å². The van der Waals surface area contributed by atoms with Crippen LogP contribution in [-0.2, 0) is 0 Å². The molecule has 4 heteroatoms. The van der Waals surface area contributed by atoms with Crippen LogP contribution in [-0.4, -0.2) is 29.1 Å². The van der Waals surface area contributed by atoms with Crippen molar-refractivity contribution in [2.24, 2.45) is 0 Å². The Hall–Kier alpha value is -1.84. The average molecular weight is 201 g/mol. The minimum absolute atomic E-state index is 0.837. The van der Waals surface area contributed by atoms with E-state index in [9.17, 15) is 0 Å². The first-order valence-corrected chi connectivity index (χ1v) is 4.69. The van der Waals surface area contributed by atoms with Gasteiger partial charge in [-0.05, 0) is 24.6 Å². The van der Waals surface area contributed by atoms with E-state index in [0.717, 1.165) is 17.1 Å². The molecule has 0 spiro atoms. The lowest BCUT2D eigenvalue weighted by Gasteiger charge is -2.05. The van der Waals surface area contributed by atoms with Crippen LogP contribution in [0.1, 0.15) is 5.56 Å². The summed E-state index contributed by atoms with van der Waals surface area (Å²) < 4.78 is 0. The Bertz CT molecular complexity index is 459. The van der Waals surface area contributed by atoms with Crippen LogP contribution < -0.4 is 4.90 Å². The molecule has 0 aliphatic rings. The Labute approximate surface area is 89.1 Å². The highest BCUT2D eigenvalue weighted by Gasteiger charge is 2.03. The highest BCUT2D eigenvalue weighted by Crippen LogP contribution is 2.10. The van der Waals surface area contributed by atoms with Gasteiger partial charge in [0.1, 0.15) is 0 Å². The van der Waals surface area contributed by atoms with E-state index < -0.39 is 0 Å². The van der Waals surface area contributed by atoms with E-state index >= 15 is 0 Å². The summed E-state index contributed by atoms with van der Waals surface area (Å²) in [6.07, 6.45) is 1.73. The second-order valence-electron chi connectivity index (χ2n) is 3.56. The molecule has 0 amide bonds. The van der Waals surface area contributed by atoms with Gasteiger partial charge in [0.2, 0.25) is 0 Å². The van der Waals surface area contributed by atoms with Crippen molar-refractivity contribution in [3.63, 3.8) is 0 Å². The van der Waals surface area contributed by atoms with Crippen molar-refractivity contribution in [3.8, 4) is 5.69 Å². The van der Waals surface area contributed by atoms with Gasteiger partial charge in [-0.3, -0.25) is 0 Å². The SMILES string of the molecule is [CH2]c1cccc(-n2ncc(N(C)C)n2)c1. The van der Waals surface area contributed by atoms with Gasteiger partial charge in [0.25, 0.3) is 0 Å². The number of nitrogens with zero attached hydrogens (tertiary/aromatic N) is 4. The summed E-state index contributed by atoms with van der Waals surface area (Å²) in [6, 6.07) is 7.78. The number of benzene rings is 1. The van der Waals surface area contributed by atoms with Crippen molar-refractivity contribution < 1.29 is 0 Å². The smallest absolute Gasteiger partial charge is 0.171 e. The molecule has 0 fully saturated rings. The summed E-state index contributed by atoms with van der Waals surface area (Å²) in [5, 5.41) is 8.51. The van der Waals surface area contributed by atoms with Crippen LogP contribution in [0, 0.1) is 6.92 Å². The zero-order chi connectivity index (χ0) is 10.8. The van der Waals surface area contributed by atoms with Crippen molar-refractivity contribution in [3.05, 3.63) is 42.9 Å². The van der Waals surface area contributed by atoms with Gasteiger partial charge in [-0.25, -0.2) is 0 Å². The predicted molar refractivity (Wildman–Crippen MR) is 60.1 cm³/mol. The molecule has 4 nitrogen and oxygen atoms in total. The van der Waals surface area contributed by atoms with Crippen molar-refractivity contribution in [2.75, 3.05) is 19.0 Å². The number of rotatable bonds is 2. The Balaban J connectivity index is 2.37.